The Kier molecular flexibility index (Phi) is 6.62. The Hall–Kier alpha value is -1.30. The lowest BCUT2D eigenvalue weighted by Gasteiger charge is -2.37. The summed E-state index contributed by atoms with van der Waals surface area (Å²) in [6.45, 7) is 6.68. The molecule has 1 rings (SSSR count). The number of piperidine rings is 1. The number of carboxylic acid groups (broad SMARTS) is 1. The maximum absolute atomic E-state index is 11.4. The molecule has 0 spiro atoms. The molecule has 2 atom stereocenters. The molecule has 0 aliphatic carbocycles. The van der Waals surface area contributed by atoms with Gasteiger partial charge in [0.25, 0.3) is 0 Å². The van der Waals surface area contributed by atoms with E-state index in [0.29, 0.717) is 13.0 Å². The molecule has 0 bridgehead atoms. The first-order valence-electron chi connectivity index (χ1n) is 6.92. The quantitative estimate of drug-likeness (QED) is 0.762. The van der Waals surface area contributed by atoms with Gasteiger partial charge in [0.2, 0.25) is 0 Å². The number of rotatable bonds is 6. The van der Waals surface area contributed by atoms with E-state index >= 15 is 0 Å². The predicted octanol–water partition coefficient (Wildman–Crippen LogP) is 1.31. The van der Waals surface area contributed by atoms with E-state index in [0.717, 1.165) is 26.1 Å². The lowest BCUT2D eigenvalue weighted by molar-refractivity contribution is -0.138. The summed E-state index contributed by atoms with van der Waals surface area (Å²) in [7, 11) is 0. The molecule has 1 amide bonds. The summed E-state index contributed by atoms with van der Waals surface area (Å²) < 4.78 is 4.87. The minimum atomic E-state index is -0.779. The van der Waals surface area contributed by atoms with Gasteiger partial charge in [-0.3, -0.25) is 4.79 Å². The van der Waals surface area contributed by atoms with Crippen LogP contribution >= 0.6 is 0 Å². The van der Waals surface area contributed by atoms with Crippen molar-refractivity contribution in [3.8, 4) is 0 Å². The molecule has 0 radical (unpaired) electrons. The van der Waals surface area contributed by atoms with Gasteiger partial charge in [0.1, 0.15) is 0 Å². The molecule has 1 aliphatic rings. The zero-order valence-electron chi connectivity index (χ0n) is 11.7. The van der Waals surface area contributed by atoms with Crippen LogP contribution in [0.25, 0.3) is 0 Å². The van der Waals surface area contributed by atoms with Gasteiger partial charge in [0.15, 0.2) is 0 Å². The third kappa shape index (κ3) is 5.92. The van der Waals surface area contributed by atoms with Crippen LogP contribution in [0, 0.1) is 5.92 Å². The topological polar surface area (TPSA) is 78.9 Å². The van der Waals surface area contributed by atoms with E-state index in [4.69, 9.17) is 9.84 Å². The molecule has 0 saturated carbocycles. The summed E-state index contributed by atoms with van der Waals surface area (Å²) in [4.78, 5) is 24.5. The van der Waals surface area contributed by atoms with Crippen molar-refractivity contribution < 1.29 is 19.4 Å². The van der Waals surface area contributed by atoms with Crippen LogP contribution in [0.3, 0.4) is 0 Å². The van der Waals surface area contributed by atoms with Gasteiger partial charge in [0.05, 0.1) is 6.61 Å². The Labute approximate surface area is 114 Å². The number of carboxylic acids is 1. The number of carbonyl (C=O) groups is 2. The molecule has 2 N–H and O–H groups in total. The Morgan fingerprint density at radius 3 is 2.68 bits per heavy atom. The van der Waals surface area contributed by atoms with Gasteiger partial charge in [-0.05, 0) is 32.2 Å². The number of hydrogen-bond acceptors (Lipinski definition) is 4. The summed E-state index contributed by atoms with van der Waals surface area (Å²) in [6.07, 6.45) is 1.46. The number of hydrogen-bond donors (Lipinski definition) is 2. The second-order valence-electron chi connectivity index (χ2n) is 5.02. The Balaban J connectivity index is 2.53. The molecular weight excluding hydrogens is 248 g/mol. The van der Waals surface area contributed by atoms with Gasteiger partial charge in [-0.15, -0.1) is 0 Å². The summed E-state index contributed by atoms with van der Waals surface area (Å²) in [5.41, 5.74) is 0. The van der Waals surface area contributed by atoms with E-state index in [-0.39, 0.29) is 18.4 Å². The molecule has 110 valence electrons. The Bertz CT molecular complexity index is 309. The van der Waals surface area contributed by atoms with Crippen LogP contribution in [-0.2, 0) is 9.53 Å². The highest BCUT2D eigenvalue weighted by molar-refractivity contribution is 5.68. The van der Waals surface area contributed by atoms with Crippen molar-refractivity contribution in [3.63, 3.8) is 0 Å². The fraction of sp³-hybridized carbons (Fsp3) is 0.846. The fourth-order valence-corrected chi connectivity index (χ4v) is 2.64. The number of nitrogens with zero attached hydrogens (tertiary/aromatic N) is 1. The fourth-order valence-electron chi connectivity index (χ4n) is 2.64. The summed E-state index contributed by atoms with van der Waals surface area (Å²) in [5, 5.41) is 11.7. The first kappa shape index (κ1) is 15.8. The van der Waals surface area contributed by atoms with Crippen molar-refractivity contribution >= 4 is 12.1 Å². The second kappa shape index (κ2) is 7.99. The standard InChI is InChI=1S/C13H24N2O4/c1-3-5-15-8-10(7-12(16)17)6-11(9-15)14-13(18)19-4-2/h10-11H,3-9H2,1-2H3,(H,14,18)(H,16,17). The first-order chi connectivity index (χ1) is 9.05. The molecule has 1 saturated heterocycles. The van der Waals surface area contributed by atoms with Crippen molar-refractivity contribution in [2.24, 2.45) is 5.92 Å². The van der Waals surface area contributed by atoms with Gasteiger partial charge in [-0.25, -0.2) is 4.79 Å². The molecule has 0 aromatic heterocycles. The minimum absolute atomic E-state index is 0.0244. The summed E-state index contributed by atoms with van der Waals surface area (Å²) in [6, 6.07) is -0.0244. The lowest BCUT2D eigenvalue weighted by atomic mass is 9.91. The van der Waals surface area contributed by atoms with Gasteiger partial charge in [0, 0.05) is 25.6 Å². The van der Waals surface area contributed by atoms with Crippen LogP contribution in [0.5, 0.6) is 0 Å². The smallest absolute Gasteiger partial charge is 0.407 e. The van der Waals surface area contributed by atoms with Gasteiger partial charge in [-0.1, -0.05) is 6.92 Å². The van der Waals surface area contributed by atoms with E-state index in [1.807, 2.05) is 0 Å². The molecule has 6 nitrogen and oxygen atoms in total. The zero-order chi connectivity index (χ0) is 14.3. The highest BCUT2D eigenvalue weighted by Gasteiger charge is 2.29. The third-order valence-corrected chi connectivity index (χ3v) is 3.21. The van der Waals surface area contributed by atoms with E-state index in [1.54, 1.807) is 6.92 Å². The van der Waals surface area contributed by atoms with Crippen LogP contribution in [0.15, 0.2) is 0 Å². The number of carbonyl (C=O) groups excluding carboxylic acids is 1. The molecule has 1 aliphatic heterocycles. The van der Waals surface area contributed by atoms with Crippen LogP contribution < -0.4 is 5.32 Å². The SMILES string of the molecule is CCCN1CC(CC(=O)O)CC(NC(=O)OCC)C1. The van der Waals surface area contributed by atoms with Crippen molar-refractivity contribution in [1.82, 2.24) is 10.2 Å². The Morgan fingerprint density at radius 2 is 2.11 bits per heavy atom. The summed E-state index contributed by atoms with van der Waals surface area (Å²) in [5.74, 6) is -0.692. The van der Waals surface area contributed by atoms with E-state index in [9.17, 15) is 9.59 Å². The van der Waals surface area contributed by atoms with Crippen molar-refractivity contribution in [2.45, 2.75) is 39.2 Å². The van der Waals surface area contributed by atoms with Crippen LogP contribution in [0.4, 0.5) is 4.79 Å². The summed E-state index contributed by atoms with van der Waals surface area (Å²) >= 11 is 0. The number of amides is 1. The maximum Gasteiger partial charge on any atom is 0.407 e. The molecule has 19 heavy (non-hydrogen) atoms. The second-order valence-corrected chi connectivity index (χ2v) is 5.02. The molecule has 0 aromatic carbocycles. The molecule has 2 unspecified atom stereocenters. The maximum atomic E-state index is 11.4. The normalized spacial score (nSPS) is 23.9. The molecular formula is C13H24N2O4. The minimum Gasteiger partial charge on any atom is -0.481 e. The van der Waals surface area contributed by atoms with Crippen LogP contribution in [-0.4, -0.2) is 54.4 Å². The van der Waals surface area contributed by atoms with E-state index in [1.165, 1.54) is 0 Å². The zero-order valence-corrected chi connectivity index (χ0v) is 11.7. The van der Waals surface area contributed by atoms with Crippen molar-refractivity contribution in [1.29, 1.82) is 0 Å². The number of ether oxygens (including phenoxy) is 1. The van der Waals surface area contributed by atoms with Crippen LogP contribution in [0.2, 0.25) is 0 Å². The largest absolute Gasteiger partial charge is 0.481 e. The van der Waals surface area contributed by atoms with Crippen LogP contribution in [0.1, 0.15) is 33.1 Å². The monoisotopic (exact) mass is 272 g/mol. The molecule has 1 fully saturated rings. The number of alkyl carbamates (subject to hydrolysis) is 1. The number of aliphatic carboxylic acids is 1. The lowest BCUT2D eigenvalue weighted by Crippen LogP contribution is -2.51. The van der Waals surface area contributed by atoms with E-state index < -0.39 is 12.1 Å². The first-order valence-corrected chi connectivity index (χ1v) is 6.92. The van der Waals surface area contributed by atoms with Gasteiger partial charge in [-0.2, -0.15) is 0 Å². The van der Waals surface area contributed by atoms with Gasteiger partial charge < -0.3 is 20.1 Å². The predicted molar refractivity (Wildman–Crippen MR) is 71.0 cm³/mol. The van der Waals surface area contributed by atoms with Crippen molar-refractivity contribution in [3.05, 3.63) is 0 Å². The highest BCUT2D eigenvalue weighted by Crippen LogP contribution is 2.20. The molecule has 1 heterocycles. The number of nitrogens with one attached hydrogen (secondary N) is 1. The molecule has 6 heteroatoms. The average Bonchev–Trinajstić information content (AvgIpc) is 2.28. The number of likely N-dealkylation sites (tertiary alicyclic amines) is 1. The third-order valence-electron chi connectivity index (χ3n) is 3.21. The van der Waals surface area contributed by atoms with Gasteiger partial charge >= 0.3 is 12.1 Å². The van der Waals surface area contributed by atoms with Crippen molar-refractivity contribution in [2.75, 3.05) is 26.2 Å². The highest BCUT2D eigenvalue weighted by atomic mass is 16.5. The molecule has 0 aromatic rings. The van der Waals surface area contributed by atoms with E-state index in [2.05, 4.69) is 17.1 Å². The average molecular weight is 272 g/mol. The Morgan fingerprint density at radius 1 is 1.37 bits per heavy atom.